The molecule has 0 atom stereocenters. The molecular formula is C22H32ClN3O2S. The van der Waals surface area contributed by atoms with Crippen LogP contribution < -0.4 is 4.90 Å². The first kappa shape index (κ1) is 23.6. The Morgan fingerprint density at radius 1 is 1.34 bits per heavy atom. The van der Waals surface area contributed by atoms with Crippen molar-refractivity contribution in [2.75, 3.05) is 11.4 Å². The molecule has 1 heterocycles. The van der Waals surface area contributed by atoms with Crippen LogP contribution in [0.1, 0.15) is 71.9 Å². The fourth-order valence-electron chi connectivity index (χ4n) is 3.43. The van der Waals surface area contributed by atoms with Crippen LogP contribution in [0.15, 0.2) is 27.5 Å². The van der Waals surface area contributed by atoms with Gasteiger partial charge in [0.2, 0.25) is 0 Å². The van der Waals surface area contributed by atoms with Crippen LogP contribution >= 0.6 is 22.9 Å². The lowest BCUT2D eigenvalue weighted by Crippen LogP contribution is -2.32. The minimum atomic E-state index is -1.02. The summed E-state index contributed by atoms with van der Waals surface area (Å²) in [5.74, 6) is -0.263. The number of carboxylic acids is 1. The number of carbonyl (C=O) groups is 1. The molecule has 0 fully saturated rings. The molecule has 0 bridgehead atoms. The Bertz CT molecular complexity index is 832. The van der Waals surface area contributed by atoms with Crippen molar-refractivity contribution >= 4 is 40.8 Å². The van der Waals surface area contributed by atoms with Gasteiger partial charge in [-0.15, -0.1) is 11.3 Å². The fraction of sp³-hybridized carbons (Fsp3) is 0.591. The second-order valence-corrected chi connectivity index (χ2v) is 10.8. The van der Waals surface area contributed by atoms with Crippen LogP contribution in [0, 0.1) is 5.92 Å². The second-order valence-electron chi connectivity index (χ2n) is 9.41. The Kier molecular flexibility index (Phi) is 7.01. The molecule has 0 saturated carbocycles. The van der Waals surface area contributed by atoms with Gasteiger partial charge in [0, 0.05) is 27.8 Å². The van der Waals surface area contributed by atoms with E-state index in [1.165, 1.54) is 17.9 Å². The van der Waals surface area contributed by atoms with Gasteiger partial charge < -0.3 is 10.0 Å². The lowest BCUT2D eigenvalue weighted by molar-refractivity contribution is -0.132. The van der Waals surface area contributed by atoms with E-state index in [0.29, 0.717) is 18.3 Å². The number of aromatic nitrogens is 1. The summed E-state index contributed by atoms with van der Waals surface area (Å²) in [5, 5.41) is 10.3. The topological polar surface area (TPSA) is 65.8 Å². The normalized spacial score (nSPS) is 18.9. The van der Waals surface area contributed by atoms with E-state index in [1.807, 2.05) is 4.90 Å². The van der Waals surface area contributed by atoms with Gasteiger partial charge in [-0.3, -0.25) is 0 Å². The van der Waals surface area contributed by atoms with Crippen molar-refractivity contribution in [1.29, 1.82) is 0 Å². The summed E-state index contributed by atoms with van der Waals surface area (Å²) >= 11 is 8.17. The molecule has 29 heavy (non-hydrogen) atoms. The molecule has 0 radical (unpaired) electrons. The summed E-state index contributed by atoms with van der Waals surface area (Å²) in [6.45, 7) is 19.1. The molecule has 1 aliphatic rings. The summed E-state index contributed by atoms with van der Waals surface area (Å²) in [6.07, 6.45) is 3.62. The van der Waals surface area contributed by atoms with Gasteiger partial charge in [-0.25, -0.2) is 14.8 Å². The predicted molar refractivity (Wildman–Crippen MR) is 123 cm³/mol. The lowest BCUT2D eigenvalue weighted by atomic mass is 9.69. The highest BCUT2D eigenvalue weighted by atomic mass is 35.5. The van der Waals surface area contributed by atoms with Crippen molar-refractivity contribution in [2.24, 2.45) is 10.9 Å². The van der Waals surface area contributed by atoms with Gasteiger partial charge in [-0.1, -0.05) is 53.1 Å². The average molecular weight is 438 g/mol. The SMILES string of the molecule is C=N/C(=C(Cl)\C=C(/C)C(=O)O)N(CC(C)C)c1nc2c(s1)C(C)(C)CCC2(C)C. The summed E-state index contributed by atoms with van der Waals surface area (Å²) < 4.78 is 0. The van der Waals surface area contributed by atoms with Crippen molar-refractivity contribution in [3.63, 3.8) is 0 Å². The number of hydrogen-bond acceptors (Lipinski definition) is 5. The average Bonchev–Trinajstić information content (AvgIpc) is 3.06. The smallest absolute Gasteiger partial charge is 0.331 e. The Hall–Kier alpha value is -1.66. The zero-order chi connectivity index (χ0) is 22.1. The van der Waals surface area contributed by atoms with E-state index >= 15 is 0 Å². The van der Waals surface area contributed by atoms with E-state index in [-0.39, 0.29) is 21.4 Å². The molecule has 1 N–H and O–H groups in total. The van der Waals surface area contributed by atoms with E-state index in [1.54, 1.807) is 11.3 Å². The van der Waals surface area contributed by atoms with E-state index in [0.717, 1.165) is 23.7 Å². The largest absolute Gasteiger partial charge is 0.478 e. The second kappa shape index (κ2) is 8.60. The predicted octanol–water partition coefficient (Wildman–Crippen LogP) is 6.09. The number of aliphatic imine (C=N–C) groups is 1. The molecule has 2 rings (SSSR count). The van der Waals surface area contributed by atoms with Gasteiger partial charge in [-0.05, 0) is 38.5 Å². The number of anilines is 1. The van der Waals surface area contributed by atoms with Crippen molar-refractivity contribution in [3.05, 3.63) is 33.1 Å². The van der Waals surface area contributed by atoms with Gasteiger partial charge in [0.1, 0.15) is 0 Å². The number of hydrogen-bond donors (Lipinski definition) is 1. The van der Waals surface area contributed by atoms with Gasteiger partial charge in [0.05, 0.1) is 10.7 Å². The standard InChI is InChI=1S/C22H32ClN3O2S/c1-13(2)12-26(18(24-8)15(23)11-14(3)19(27)28)20-25-16-17(29-20)22(6,7)10-9-21(16,4)5/h11,13H,8-10,12H2,1-7H3,(H,27,28)/b14-11+,18-15-. The monoisotopic (exact) mass is 437 g/mol. The number of allylic oxidation sites excluding steroid dienone is 2. The fourth-order valence-corrected chi connectivity index (χ4v) is 5.14. The first-order valence-corrected chi connectivity index (χ1v) is 11.1. The summed E-state index contributed by atoms with van der Waals surface area (Å²) in [7, 11) is 0. The van der Waals surface area contributed by atoms with Gasteiger partial charge in [-0.2, -0.15) is 0 Å². The molecule has 1 aliphatic carbocycles. The van der Waals surface area contributed by atoms with Crippen LogP contribution in [0.4, 0.5) is 5.13 Å². The lowest BCUT2D eigenvalue weighted by Gasteiger charge is -2.37. The third kappa shape index (κ3) is 5.10. The molecule has 0 saturated heterocycles. The molecule has 160 valence electrons. The number of halogens is 1. The molecule has 0 aliphatic heterocycles. The van der Waals surface area contributed by atoms with Gasteiger partial charge in [0.25, 0.3) is 0 Å². The maximum Gasteiger partial charge on any atom is 0.331 e. The molecule has 1 aromatic rings. The maximum absolute atomic E-state index is 11.2. The highest BCUT2D eigenvalue weighted by Gasteiger charge is 2.41. The van der Waals surface area contributed by atoms with Crippen LogP contribution in [-0.4, -0.2) is 29.3 Å². The van der Waals surface area contributed by atoms with Crippen molar-refractivity contribution < 1.29 is 9.90 Å². The quantitative estimate of drug-likeness (QED) is 0.318. The van der Waals surface area contributed by atoms with Crippen molar-refractivity contribution in [3.8, 4) is 0 Å². The Balaban J connectivity index is 2.65. The first-order valence-electron chi connectivity index (χ1n) is 9.87. The van der Waals surface area contributed by atoms with E-state index in [4.69, 9.17) is 16.6 Å². The van der Waals surface area contributed by atoms with Crippen LogP contribution in [0.5, 0.6) is 0 Å². The summed E-state index contributed by atoms with van der Waals surface area (Å²) in [6, 6.07) is 0. The van der Waals surface area contributed by atoms with Crippen molar-refractivity contribution in [2.45, 2.75) is 72.1 Å². The third-order valence-corrected chi connectivity index (χ3v) is 7.05. The number of carboxylic acid groups (broad SMARTS) is 1. The number of aliphatic carboxylic acids is 1. The molecular weight excluding hydrogens is 406 g/mol. The van der Waals surface area contributed by atoms with Crippen molar-refractivity contribution in [1.82, 2.24) is 4.98 Å². The van der Waals surface area contributed by atoms with Crippen LogP contribution in [-0.2, 0) is 15.6 Å². The highest BCUT2D eigenvalue weighted by molar-refractivity contribution is 7.16. The van der Waals surface area contributed by atoms with Gasteiger partial charge in [0.15, 0.2) is 11.0 Å². The number of nitrogens with zero attached hydrogens (tertiary/aromatic N) is 3. The van der Waals surface area contributed by atoms with Crippen LogP contribution in [0.2, 0.25) is 0 Å². The van der Waals surface area contributed by atoms with E-state index in [2.05, 4.69) is 53.3 Å². The molecule has 1 aromatic heterocycles. The minimum absolute atomic E-state index is 0.0121. The maximum atomic E-state index is 11.2. The molecule has 0 spiro atoms. The number of thiazole rings is 1. The van der Waals surface area contributed by atoms with Crippen LogP contribution in [0.3, 0.4) is 0 Å². The highest BCUT2D eigenvalue weighted by Crippen LogP contribution is 2.50. The molecule has 0 unspecified atom stereocenters. The molecule has 0 amide bonds. The zero-order valence-corrected chi connectivity index (χ0v) is 20.0. The first-order chi connectivity index (χ1) is 13.3. The zero-order valence-electron chi connectivity index (χ0n) is 18.5. The number of fused-ring (bicyclic) bond motifs is 1. The number of rotatable bonds is 7. The molecule has 5 nitrogen and oxygen atoms in total. The van der Waals surface area contributed by atoms with E-state index < -0.39 is 5.97 Å². The van der Waals surface area contributed by atoms with E-state index in [9.17, 15) is 9.90 Å². The Morgan fingerprint density at radius 2 is 1.93 bits per heavy atom. The van der Waals surface area contributed by atoms with Gasteiger partial charge >= 0.3 is 5.97 Å². The third-order valence-electron chi connectivity index (χ3n) is 5.32. The van der Waals surface area contributed by atoms with Crippen LogP contribution in [0.25, 0.3) is 0 Å². The summed E-state index contributed by atoms with van der Waals surface area (Å²) in [4.78, 5) is 23.7. The Labute approximate surface area is 183 Å². The Morgan fingerprint density at radius 3 is 2.41 bits per heavy atom. The minimum Gasteiger partial charge on any atom is -0.478 e. The molecule has 7 heteroatoms. The summed E-state index contributed by atoms with van der Waals surface area (Å²) in [5.41, 5.74) is 1.36. The molecule has 0 aromatic carbocycles.